The molecule has 1 unspecified atom stereocenters. The molecule has 0 aromatic heterocycles. The number of rotatable bonds is 2. The Bertz CT molecular complexity index is 345. The molecule has 1 aliphatic rings. The van der Waals surface area contributed by atoms with E-state index in [0.717, 1.165) is 6.42 Å². The Balaban J connectivity index is 2.23. The van der Waals surface area contributed by atoms with Crippen LogP contribution in [-0.4, -0.2) is 0 Å². The highest BCUT2D eigenvalue weighted by Crippen LogP contribution is 2.32. The van der Waals surface area contributed by atoms with Crippen LogP contribution < -0.4 is 0 Å². The molecule has 66 valence electrons. The van der Waals surface area contributed by atoms with E-state index in [4.69, 9.17) is 0 Å². The maximum absolute atomic E-state index is 2.30. The summed E-state index contributed by atoms with van der Waals surface area (Å²) >= 11 is 0. The van der Waals surface area contributed by atoms with Gasteiger partial charge < -0.3 is 0 Å². The molecule has 0 nitrogen and oxygen atoms in total. The van der Waals surface area contributed by atoms with Crippen LogP contribution in [0.15, 0.2) is 42.5 Å². The van der Waals surface area contributed by atoms with Crippen molar-refractivity contribution in [3.8, 4) is 0 Å². The average molecular weight is 170 g/mol. The normalized spacial score (nSPS) is 19.6. The van der Waals surface area contributed by atoms with Crippen molar-refractivity contribution in [2.24, 2.45) is 0 Å². The topological polar surface area (TPSA) is 0 Å². The second kappa shape index (κ2) is 3.61. The third-order valence-corrected chi connectivity index (χ3v) is 2.53. The molecular formula is C13H14. The summed E-state index contributed by atoms with van der Waals surface area (Å²) in [5, 5.41) is 0. The number of hydrogen-bond acceptors (Lipinski definition) is 0. The van der Waals surface area contributed by atoms with Gasteiger partial charge in [0.25, 0.3) is 0 Å². The lowest BCUT2D eigenvalue weighted by Gasteiger charge is -2.07. The summed E-state index contributed by atoms with van der Waals surface area (Å²) < 4.78 is 0. The fraction of sp³-hybridized carbons (Fsp3) is 0.231. The van der Waals surface area contributed by atoms with Crippen LogP contribution in [0.1, 0.15) is 30.4 Å². The standard InChI is InChI=1S/C13H14/c1-2-3-6-11-9-10-12-7-4-5-8-13(11)12/h2-5,7-11H,6H2,1H3/b3-2+. The fourth-order valence-electron chi connectivity index (χ4n) is 1.81. The summed E-state index contributed by atoms with van der Waals surface area (Å²) in [6.45, 7) is 2.07. The highest BCUT2D eigenvalue weighted by molar-refractivity contribution is 5.62. The lowest BCUT2D eigenvalue weighted by molar-refractivity contribution is 0.878. The van der Waals surface area contributed by atoms with E-state index in [1.807, 2.05) is 0 Å². The predicted octanol–water partition coefficient (Wildman–Crippen LogP) is 3.76. The lowest BCUT2D eigenvalue weighted by Crippen LogP contribution is -1.90. The third-order valence-electron chi connectivity index (χ3n) is 2.53. The van der Waals surface area contributed by atoms with Gasteiger partial charge in [-0.15, -0.1) is 0 Å². The Morgan fingerprint density at radius 3 is 3.00 bits per heavy atom. The van der Waals surface area contributed by atoms with Crippen LogP contribution in [0.5, 0.6) is 0 Å². The molecule has 1 atom stereocenters. The Morgan fingerprint density at radius 1 is 1.31 bits per heavy atom. The zero-order valence-corrected chi connectivity index (χ0v) is 7.90. The van der Waals surface area contributed by atoms with Crippen molar-refractivity contribution in [1.82, 2.24) is 0 Å². The van der Waals surface area contributed by atoms with Gasteiger partial charge in [-0.3, -0.25) is 0 Å². The maximum atomic E-state index is 2.30. The van der Waals surface area contributed by atoms with Crippen molar-refractivity contribution in [3.63, 3.8) is 0 Å². The second-order valence-electron chi connectivity index (χ2n) is 3.40. The van der Waals surface area contributed by atoms with Gasteiger partial charge in [0.05, 0.1) is 0 Å². The SMILES string of the molecule is C/C=C/CC1C=Cc2ccccc21. The smallest absolute Gasteiger partial charge is 0.00617 e. The molecule has 0 aliphatic heterocycles. The Hall–Kier alpha value is -1.30. The van der Waals surface area contributed by atoms with Crippen LogP contribution in [0.2, 0.25) is 0 Å². The maximum Gasteiger partial charge on any atom is 0.00617 e. The van der Waals surface area contributed by atoms with E-state index in [0.29, 0.717) is 5.92 Å². The lowest BCUT2D eigenvalue weighted by atomic mass is 9.98. The Kier molecular flexibility index (Phi) is 2.31. The molecule has 0 N–H and O–H groups in total. The minimum atomic E-state index is 0.604. The first kappa shape index (κ1) is 8.31. The molecule has 2 rings (SSSR count). The van der Waals surface area contributed by atoms with Crippen LogP contribution in [0, 0.1) is 0 Å². The number of hydrogen-bond donors (Lipinski definition) is 0. The zero-order chi connectivity index (χ0) is 9.10. The van der Waals surface area contributed by atoms with Gasteiger partial charge in [-0.05, 0) is 24.5 Å². The van der Waals surface area contributed by atoms with Crippen LogP contribution >= 0.6 is 0 Å². The third kappa shape index (κ3) is 1.57. The quantitative estimate of drug-likeness (QED) is 0.593. The van der Waals surface area contributed by atoms with Crippen molar-refractivity contribution >= 4 is 6.08 Å². The van der Waals surface area contributed by atoms with Crippen LogP contribution in [-0.2, 0) is 0 Å². The predicted molar refractivity (Wildman–Crippen MR) is 57.6 cm³/mol. The second-order valence-corrected chi connectivity index (χ2v) is 3.40. The summed E-state index contributed by atoms with van der Waals surface area (Å²) in [4.78, 5) is 0. The van der Waals surface area contributed by atoms with Crippen LogP contribution in [0.3, 0.4) is 0 Å². The molecule has 0 heterocycles. The number of fused-ring (bicyclic) bond motifs is 1. The van der Waals surface area contributed by atoms with E-state index in [1.165, 1.54) is 11.1 Å². The van der Waals surface area contributed by atoms with Crippen molar-refractivity contribution in [2.75, 3.05) is 0 Å². The van der Waals surface area contributed by atoms with Gasteiger partial charge in [0.15, 0.2) is 0 Å². The first-order valence-electron chi connectivity index (χ1n) is 4.80. The van der Waals surface area contributed by atoms with E-state index in [2.05, 4.69) is 55.5 Å². The molecule has 1 aliphatic carbocycles. The van der Waals surface area contributed by atoms with Gasteiger partial charge >= 0.3 is 0 Å². The van der Waals surface area contributed by atoms with Gasteiger partial charge in [0.1, 0.15) is 0 Å². The van der Waals surface area contributed by atoms with Gasteiger partial charge in [0.2, 0.25) is 0 Å². The first-order valence-corrected chi connectivity index (χ1v) is 4.80. The molecule has 0 saturated carbocycles. The van der Waals surface area contributed by atoms with Gasteiger partial charge in [-0.2, -0.15) is 0 Å². The molecule has 0 bridgehead atoms. The van der Waals surface area contributed by atoms with Gasteiger partial charge in [-0.1, -0.05) is 48.6 Å². The van der Waals surface area contributed by atoms with Crippen LogP contribution in [0.4, 0.5) is 0 Å². The van der Waals surface area contributed by atoms with Crippen molar-refractivity contribution in [3.05, 3.63) is 53.6 Å². The minimum absolute atomic E-state index is 0.604. The molecule has 0 heteroatoms. The Labute approximate surface area is 79.6 Å². The first-order chi connectivity index (χ1) is 6.42. The summed E-state index contributed by atoms with van der Waals surface area (Å²) in [6, 6.07) is 8.63. The van der Waals surface area contributed by atoms with E-state index in [-0.39, 0.29) is 0 Å². The molecular weight excluding hydrogens is 156 g/mol. The molecule has 0 fully saturated rings. The van der Waals surface area contributed by atoms with Crippen molar-refractivity contribution in [1.29, 1.82) is 0 Å². The number of allylic oxidation sites excluding steroid dienone is 3. The summed E-state index contributed by atoms with van der Waals surface area (Å²) in [5.41, 5.74) is 2.86. The monoisotopic (exact) mass is 170 g/mol. The highest BCUT2D eigenvalue weighted by Gasteiger charge is 2.14. The average Bonchev–Trinajstić information content (AvgIpc) is 2.58. The largest absolute Gasteiger partial charge is 0.0916 e. The highest BCUT2D eigenvalue weighted by atomic mass is 14.2. The molecule has 0 spiro atoms. The summed E-state index contributed by atoms with van der Waals surface area (Å²) in [5.74, 6) is 0.604. The molecule has 0 saturated heterocycles. The molecule has 1 aromatic rings. The molecule has 0 radical (unpaired) electrons. The van der Waals surface area contributed by atoms with Crippen molar-refractivity contribution in [2.45, 2.75) is 19.3 Å². The molecule has 1 aromatic carbocycles. The molecule has 13 heavy (non-hydrogen) atoms. The van der Waals surface area contributed by atoms with E-state index < -0.39 is 0 Å². The Morgan fingerprint density at radius 2 is 2.15 bits per heavy atom. The summed E-state index contributed by atoms with van der Waals surface area (Å²) in [7, 11) is 0. The van der Waals surface area contributed by atoms with E-state index in [9.17, 15) is 0 Å². The number of benzene rings is 1. The minimum Gasteiger partial charge on any atom is -0.0916 e. The van der Waals surface area contributed by atoms with E-state index in [1.54, 1.807) is 0 Å². The van der Waals surface area contributed by atoms with E-state index >= 15 is 0 Å². The van der Waals surface area contributed by atoms with Gasteiger partial charge in [-0.25, -0.2) is 0 Å². The zero-order valence-electron chi connectivity index (χ0n) is 7.90. The summed E-state index contributed by atoms with van der Waals surface area (Å²) in [6.07, 6.45) is 10.0. The molecule has 0 amide bonds. The fourth-order valence-corrected chi connectivity index (χ4v) is 1.81. The van der Waals surface area contributed by atoms with Gasteiger partial charge in [0, 0.05) is 5.92 Å². The van der Waals surface area contributed by atoms with Crippen molar-refractivity contribution < 1.29 is 0 Å². The van der Waals surface area contributed by atoms with Crippen LogP contribution in [0.25, 0.3) is 6.08 Å².